The molecule has 1 saturated carbocycles. The van der Waals surface area contributed by atoms with Crippen LogP contribution in [0, 0.1) is 0 Å². The van der Waals surface area contributed by atoms with Crippen molar-refractivity contribution in [2.45, 2.75) is 64.6 Å². The lowest BCUT2D eigenvalue weighted by atomic mass is 10.1. The molecular weight excluding hydrogens is 382 g/mol. The average molecular weight is 412 g/mol. The van der Waals surface area contributed by atoms with Gasteiger partial charge in [-0.2, -0.15) is 10.1 Å². The molecule has 8 heteroatoms. The zero-order chi connectivity index (χ0) is 21.3. The second-order valence-electron chi connectivity index (χ2n) is 8.73. The number of aromatic amines is 1. The third-order valence-corrected chi connectivity index (χ3v) is 5.39. The molecule has 0 bridgehead atoms. The van der Waals surface area contributed by atoms with Gasteiger partial charge in [-0.25, -0.2) is 4.68 Å². The van der Waals surface area contributed by atoms with Crippen molar-refractivity contribution >= 4 is 17.0 Å². The third kappa shape index (κ3) is 4.13. The first-order valence-corrected chi connectivity index (χ1v) is 10.4. The summed E-state index contributed by atoms with van der Waals surface area (Å²) in [4.78, 5) is 19.9. The van der Waals surface area contributed by atoms with E-state index >= 15 is 0 Å². The number of rotatable bonds is 6. The smallest absolute Gasteiger partial charge is 0.263 e. The molecule has 1 fully saturated rings. The summed E-state index contributed by atoms with van der Waals surface area (Å²) < 4.78 is 13.4. The van der Waals surface area contributed by atoms with E-state index in [0.29, 0.717) is 23.5 Å². The molecule has 0 unspecified atom stereocenters. The van der Waals surface area contributed by atoms with E-state index < -0.39 is 0 Å². The molecule has 4 rings (SSSR count). The first kappa shape index (κ1) is 20.3. The first-order chi connectivity index (χ1) is 14.3. The zero-order valence-electron chi connectivity index (χ0n) is 18.0. The molecule has 3 aromatic rings. The molecule has 8 nitrogen and oxygen atoms in total. The number of methoxy groups -OCH3 is 1. The number of fused-ring (bicyclic) bond motifs is 1. The van der Waals surface area contributed by atoms with E-state index in [1.54, 1.807) is 18.0 Å². The summed E-state index contributed by atoms with van der Waals surface area (Å²) >= 11 is 0. The van der Waals surface area contributed by atoms with E-state index in [2.05, 4.69) is 20.4 Å². The Labute approximate surface area is 175 Å². The van der Waals surface area contributed by atoms with Crippen LogP contribution in [0.4, 0.5) is 5.95 Å². The maximum Gasteiger partial charge on any atom is 0.263 e. The van der Waals surface area contributed by atoms with Crippen molar-refractivity contribution in [1.29, 1.82) is 0 Å². The molecule has 1 aromatic carbocycles. The molecule has 1 aliphatic rings. The summed E-state index contributed by atoms with van der Waals surface area (Å²) in [6.07, 6.45) is 6.36. The van der Waals surface area contributed by atoms with Crippen LogP contribution in [0.5, 0.6) is 11.5 Å². The van der Waals surface area contributed by atoms with Gasteiger partial charge < -0.3 is 14.8 Å². The molecule has 0 spiro atoms. The van der Waals surface area contributed by atoms with Gasteiger partial charge in [0.15, 0.2) is 5.65 Å². The Kier molecular flexibility index (Phi) is 5.40. The summed E-state index contributed by atoms with van der Waals surface area (Å²) in [5, 5.41) is 8.06. The van der Waals surface area contributed by atoms with E-state index in [-0.39, 0.29) is 17.2 Å². The van der Waals surface area contributed by atoms with Gasteiger partial charge in [-0.15, -0.1) is 0 Å². The topological polar surface area (TPSA) is 94.1 Å². The quantitative estimate of drug-likeness (QED) is 0.640. The molecule has 2 heterocycles. The number of H-pyrrole nitrogens is 1. The van der Waals surface area contributed by atoms with E-state index in [9.17, 15) is 4.79 Å². The van der Waals surface area contributed by atoms with Crippen LogP contribution in [-0.2, 0) is 12.1 Å². The van der Waals surface area contributed by atoms with E-state index in [1.165, 1.54) is 12.8 Å². The molecule has 0 atom stereocenters. The van der Waals surface area contributed by atoms with Gasteiger partial charge in [-0.05, 0) is 58.6 Å². The Morgan fingerprint density at radius 2 is 2.03 bits per heavy atom. The Morgan fingerprint density at radius 1 is 1.27 bits per heavy atom. The minimum absolute atomic E-state index is 0.213. The van der Waals surface area contributed by atoms with Gasteiger partial charge in [0.05, 0.1) is 24.9 Å². The van der Waals surface area contributed by atoms with Gasteiger partial charge in [0, 0.05) is 18.2 Å². The van der Waals surface area contributed by atoms with Crippen molar-refractivity contribution in [3.63, 3.8) is 0 Å². The number of hydrogen-bond donors (Lipinski definition) is 2. The van der Waals surface area contributed by atoms with Gasteiger partial charge in [0.1, 0.15) is 16.9 Å². The Bertz CT molecular complexity index is 1090. The maximum atomic E-state index is 12.5. The molecule has 2 aromatic heterocycles. The molecular formula is C22H29N5O3. The molecule has 1 aliphatic carbocycles. The zero-order valence-corrected chi connectivity index (χ0v) is 18.0. The van der Waals surface area contributed by atoms with Crippen LogP contribution < -0.4 is 20.3 Å². The summed E-state index contributed by atoms with van der Waals surface area (Å²) in [7, 11) is 1.65. The second-order valence-corrected chi connectivity index (χ2v) is 8.73. The Morgan fingerprint density at radius 3 is 2.73 bits per heavy atom. The standard InChI is InChI=1S/C22H29N5O3/c1-22(2,3)27-19-17(13-24-27)20(28)26-21(25-19)23-12-14-9-10-16(29-4)11-18(14)30-15-7-5-6-8-15/h9-11,13,15H,5-8,12H2,1-4H3,(H2,23,25,26,28). The Hall–Kier alpha value is -3.03. The summed E-state index contributed by atoms with van der Waals surface area (Å²) in [6, 6.07) is 5.81. The minimum Gasteiger partial charge on any atom is -0.497 e. The van der Waals surface area contributed by atoms with Gasteiger partial charge >= 0.3 is 0 Å². The second kappa shape index (κ2) is 8.01. The monoisotopic (exact) mass is 411 g/mol. The fraction of sp³-hybridized carbons (Fsp3) is 0.500. The van der Waals surface area contributed by atoms with Crippen LogP contribution in [0.1, 0.15) is 52.0 Å². The van der Waals surface area contributed by atoms with Crippen LogP contribution in [0.2, 0.25) is 0 Å². The highest BCUT2D eigenvalue weighted by molar-refractivity contribution is 5.74. The first-order valence-electron chi connectivity index (χ1n) is 10.4. The normalized spacial score (nSPS) is 14.9. The highest BCUT2D eigenvalue weighted by Crippen LogP contribution is 2.30. The Balaban J connectivity index is 1.60. The van der Waals surface area contributed by atoms with Crippen molar-refractivity contribution in [3.05, 3.63) is 40.3 Å². The van der Waals surface area contributed by atoms with Gasteiger partial charge in [0.2, 0.25) is 5.95 Å². The maximum absolute atomic E-state index is 12.5. The van der Waals surface area contributed by atoms with Gasteiger partial charge in [0.25, 0.3) is 5.56 Å². The van der Waals surface area contributed by atoms with E-state index in [4.69, 9.17) is 9.47 Å². The number of nitrogens with zero attached hydrogens (tertiary/aromatic N) is 3. The SMILES string of the molecule is COc1ccc(CNc2nc3c(cnn3C(C)(C)C)c(=O)[nH]2)c(OC2CCCC2)c1. The predicted molar refractivity (Wildman–Crippen MR) is 116 cm³/mol. The molecule has 0 saturated heterocycles. The number of ether oxygens (including phenoxy) is 2. The molecule has 0 aliphatic heterocycles. The van der Waals surface area contributed by atoms with Crippen LogP contribution in [0.15, 0.2) is 29.2 Å². The van der Waals surface area contributed by atoms with Crippen LogP contribution >= 0.6 is 0 Å². The highest BCUT2D eigenvalue weighted by atomic mass is 16.5. The van der Waals surface area contributed by atoms with Crippen molar-refractivity contribution in [1.82, 2.24) is 19.7 Å². The van der Waals surface area contributed by atoms with Crippen LogP contribution in [-0.4, -0.2) is 33.0 Å². The number of benzene rings is 1. The number of anilines is 1. The lowest BCUT2D eigenvalue weighted by Crippen LogP contribution is -2.24. The average Bonchev–Trinajstić information content (AvgIpc) is 3.36. The fourth-order valence-electron chi connectivity index (χ4n) is 3.78. The predicted octanol–water partition coefficient (Wildman–Crippen LogP) is 3.82. The van der Waals surface area contributed by atoms with Gasteiger partial charge in [-0.3, -0.25) is 9.78 Å². The fourth-order valence-corrected chi connectivity index (χ4v) is 3.78. The molecule has 160 valence electrons. The highest BCUT2D eigenvalue weighted by Gasteiger charge is 2.21. The number of hydrogen-bond acceptors (Lipinski definition) is 6. The molecule has 2 N–H and O–H groups in total. The van der Waals surface area contributed by atoms with E-state index in [1.807, 2.05) is 39.0 Å². The molecule has 30 heavy (non-hydrogen) atoms. The van der Waals surface area contributed by atoms with Crippen molar-refractivity contribution in [3.8, 4) is 11.5 Å². The minimum atomic E-state index is -0.280. The van der Waals surface area contributed by atoms with Gasteiger partial charge in [-0.1, -0.05) is 0 Å². The molecule has 0 amide bonds. The number of aromatic nitrogens is 4. The van der Waals surface area contributed by atoms with Crippen LogP contribution in [0.25, 0.3) is 11.0 Å². The summed E-state index contributed by atoms with van der Waals surface area (Å²) in [6.45, 7) is 6.54. The largest absolute Gasteiger partial charge is 0.497 e. The third-order valence-electron chi connectivity index (χ3n) is 5.39. The van der Waals surface area contributed by atoms with E-state index in [0.717, 1.165) is 29.9 Å². The lowest BCUT2D eigenvalue weighted by Gasteiger charge is -2.20. The lowest BCUT2D eigenvalue weighted by molar-refractivity contribution is 0.207. The summed E-state index contributed by atoms with van der Waals surface area (Å²) in [5.41, 5.74) is 1.05. The number of nitrogens with one attached hydrogen (secondary N) is 2. The van der Waals surface area contributed by atoms with Crippen molar-refractivity contribution in [2.24, 2.45) is 0 Å². The summed E-state index contributed by atoms with van der Waals surface area (Å²) in [5.74, 6) is 1.96. The van der Waals surface area contributed by atoms with Crippen molar-refractivity contribution in [2.75, 3.05) is 12.4 Å². The van der Waals surface area contributed by atoms with Crippen LogP contribution in [0.3, 0.4) is 0 Å². The molecule has 0 radical (unpaired) electrons. The van der Waals surface area contributed by atoms with Crippen molar-refractivity contribution < 1.29 is 9.47 Å².